The third-order valence-corrected chi connectivity index (χ3v) is 8.11. The van der Waals surface area contributed by atoms with Crippen LogP contribution in [0, 0.1) is 12.3 Å². The van der Waals surface area contributed by atoms with Gasteiger partial charge in [0.05, 0.1) is 27.2 Å². The van der Waals surface area contributed by atoms with E-state index in [1.165, 1.54) is 0 Å². The number of benzene rings is 2. The van der Waals surface area contributed by atoms with Gasteiger partial charge in [0.2, 0.25) is 0 Å². The second kappa shape index (κ2) is 8.00. The molecule has 3 aromatic rings. The summed E-state index contributed by atoms with van der Waals surface area (Å²) in [5, 5.41) is 14.4. The number of aliphatic carboxylic acids is 1. The minimum absolute atomic E-state index is 0.194. The molecular formula is C26H24Cl2N2O3. The second-order valence-corrected chi connectivity index (χ2v) is 10.3. The summed E-state index contributed by atoms with van der Waals surface area (Å²) in [5.41, 5.74) is 2.39. The highest BCUT2D eigenvalue weighted by molar-refractivity contribution is 6.39. The number of pyridine rings is 1. The van der Waals surface area contributed by atoms with E-state index in [4.69, 9.17) is 28.2 Å². The van der Waals surface area contributed by atoms with E-state index in [1.54, 1.807) is 12.1 Å². The van der Waals surface area contributed by atoms with Crippen LogP contribution in [0.15, 0.2) is 42.5 Å². The maximum Gasteiger partial charge on any atom is 0.309 e. The molecule has 0 unspecified atom stereocenters. The van der Waals surface area contributed by atoms with Crippen molar-refractivity contribution in [2.45, 2.75) is 51.0 Å². The lowest BCUT2D eigenvalue weighted by molar-refractivity contribution is -0.156. The summed E-state index contributed by atoms with van der Waals surface area (Å²) < 4.78 is 0. The summed E-state index contributed by atoms with van der Waals surface area (Å²) >= 11 is 12.8. The van der Waals surface area contributed by atoms with Gasteiger partial charge in [-0.1, -0.05) is 53.5 Å². The van der Waals surface area contributed by atoms with Gasteiger partial charge in [0, 0.05) is 21.5 Å². The Labute approximate surface area is 202 Å². The Morgan fingerprint density at radius 2 is 1.64 bits per heavy atom. The summed E-state index contributed by atoms with van der Waals surface area (Å²) in [6, 6.07) is 13.1. The summed E-state index contributed by atoms with van der Waals surface area (Å²) in [4.78, 5) is 30.4. The monoisotopic (exact) mass is 482 g/mol. The number of carbonyl (C=O) groups is 2. The van der Waals surface area contributed by atoms with Gasteiger partial charge < -0.3 is 10.4 Å². The molecule has 0 atom stereocenters. The first kappa shape index (κ1) is 22.2. The van der Waals surface area contributed by atoms with Crippen molar-refractivity contribution in [2.24, 2.45) is 5.41 Å². The van der Waals surface area contributed by atoms with E-state index < -0.39 is 11.4 Å². The average Bonchev–Trinajstić information content (AvgIpc) is 2.80. The Balaban J connectivity index is 1.59. The zero-order chi connectivity index (χ0) is 23.4. The normalized spacial score (nSPS) is 24.1. The Bertz CT molecular complexity index is 1270. The van der Waals surface area contributed by atoms with E-state index >= 15 is 0 Å². The molecule has 33 heavy (non-hydrogen) atoms. The Hall–Kier alpha value is -2.63. The number of halogens is 2. The van der Waals surface area contributed by atoms with E-state index in [-0.39, 0.29) is 11.4 Å². The first-order chi connectivity index (χ1) is 15.7. The second-order valence-electron chi connectivity index (χ2n) is 9.43. The number of nitrogens with zero attached hydrogens (tertiary/aromatic N) is 1. The lowest BCUT2D eigenvalue weighted by Gasteiger charge is -2.51. The molecule has 3 fully saturated rings. The number of fused-ring (bicyclic) bond motifs is 4. The average molecular weight is 483 g/mol. The van der Waals surface area contributed by atoms with Crippen LogP contribution in [0.3, 0.4) is 0 Å². The van der Waals surface area contributed by atoms with Crippen LogP contribution < -0.4 is 5.32 Å². The maximum atomic E-state index is 13.8. The largest absolute Gasteiger partial charge is 0.481 e. The van der Waals surface area contributed by atoms with E-state index in [0.717, 1.165) is 11.1 Å². The van der Waals surface area contributed by atoms with Crippen LogP contribution in [0.25, 0.3) is 22.2 Å². The molecule has 1 heterocycles. The molecule has 0 aliphatic heterocycles. The van der Waals surface area contributed by atoms with E-state index in [9.17, 15) is 14.7 Å². The standard InChI is InChI=1S/C26H24Cl2N2O3/c1-15-20(23(31)30-26-10-7-25(8-11-26,9-12-26)24(32)33)18-13-17(27)14-19(28)22(18)29-21(15)16-5-3-2-4-6-16/h2-6,13-14H,7-12H2,1H3,(H,30,31)(H,32,33). The first-order valence-electron chi connectivity index (χ1n) is 11.1. The van der Waals surface area contributed by atoms with E-state index in [1.807, 2.05) is 37.3 Å². The third-order valence-electron chi connectivity index (χ3n) is 7.60. The number of nitrogens with one attached hydrogen (secondary N) is 1. The van der Waals surface area contributed by atoms with Crippen LogP contribution in [-0.4, -0.2) is 27.5 Å². The van der Waals surface area contributed by atoms with Crippen molar-refractivity contribution in [3.63, 3.8) is 0 Å². The number of carboxylic acids is 1. The highest BCUT2D eigenvalue weighted by Crippen LogP contribution is 2.52. The Kier molecular flexibility index (Phi) is 5.37. The molecule has 7 heteroatoms. The Morgan fingerprint density at radius 3 is 2.24 bits per heavy atom. The minimum Gasteiger partial charge on any atom is -0.481 e. The fourth-order valence-electron chi connectivity index (χ4n) is 5.55. The number of amides is 1. The van der Waals surface area contributed by atoms with Crippen LogP contribution in [0.5, 0.6) is 0 Å². The van der Waals surface area contributed by atoms with Crippen molar-refractivity contribution in [2.75, 3.05) is 0 Å². The van der Waals surface area contributed by atoms with Crippen molar-refractivity contribution in [3.05, 3.63) is 63.6 Å². The molecule has 0 saturated heterocycles. The van der Waals surface area contributed by atoms with Gasteiger partial charge in [-0.05, 0) is 63.1 Å². The van der Waals surface area contributed by atoms with E-state index in [0.29, 0.717) is 70.7 Å². The number of hydrogen-bond acceptors (Lipinski definition) is 3. The highest BCUT2D eigenvalue weighted by atomic mass is 35.5. The van der Waals surface area contributed by atoms with Crippen molar-refractivity contribution in [1.82, 2.24) is 10.3 Å². The number of aromatic nitrogens is 1. The molecule has 2 N–H and O–H groups in total. The molecule has 2 bridgehead atoms. The van der Waals surface area contributed by atoms with Gasteiger partial charge in [0.1, 0.15) is 0 Å². The molecule has 5 nitrogen and oxygen atoms in total. The SMILES string of the molecule is Cc1c(-c2ccccc2)nc2c(Cl)cc(Cl)cc2c1C(=O)NC12CCC(C(=O)O)(CC1)CC2. The smallest absolute Gasteiger partial charge is 0.309 e. The summed E-state index contributed by atoms with van der Waals surface area (Å²) in [6.07, 6.45) is 3.77. The van der Waals surface area contributed by atoms with Crippen molar-refractivity contribution >= 4 is 46.0 Å². The van der Waals surface area contributed by atoms with Gasteiger partial charge in [0.25, 0.3) is 5.91 Å². The molecule has 0 spiro atoms. The molecule has 3 aliphatic carbocycles. The van der Waals surface area contributed by atoms with Crippen molar-refractivity contribution in [3.8, 4) is 11.3 Å². The van der Waals surface area contributed by atoms with Crippen LogP contribution in [0.4, 0.5) is 0 Å². The Morgan fingerprint density at radius 1 is 1.00 bits per heavy atom. The number of carboxylic acid groups (broad SMARTS) is 1. The molecule has 0 radical (unpaired) electrons. The molecule has 170 valence electrons. The van der Waals surface area contributed by atoms with Gasteiger partial charge in [-0.15, -0.1) is 0 Å². The predicted octanol–water partition coefficient (Wildman–Crippen LogP) is 6.42. The molecular weight excluding hydrogens is 459 g/mol. The third kappa shape index (κ3) is 3.68. The van der Waals surface area contributed by atoms with Crippen molar-refractivity contribution in [1.29, 1.82) is 0 Å². The quantitative estimate of drug-likeness (QED) is 0.449. The molecule has 3 saturated carbocycles. The van der Waals surface area contributed by atoms with Crippen LogP contribution in [0.2, 0.25) is 10.0 Å². The van der Waals surface area contributed by atoms with Crippen LogP contribution in [0.1, 0.15) is 54.4 Å². The van der Waals surface area contributed by atoms with Crippen molar-refractivity contribution < 1.29 is 14.7 Å². The number of hydrogen-bond donors (Lipinski definition) is 2. The summed E-state index contributed by atoms with van der Waals surface area (Å²) in [6.45, 7) is 1.90. The molecule has 1 aromatic heterocycles. The fourth-order valence-corrected chi connectivity index (χ4v) is 6.09. The molecule has 6 rings (SSSR count). The van der Waals surface area contributed by atoms with Crippen LogP contribution in [-0.2, 0) is 4.79 Å². The van der Waals surface area contributed by atoms with Crippen LogP contribution >= 0.6 is 23.2 Å². The molecule has 2 aromatic carbocycles. The van der Waals surface area contributed by atoms with E-state index in [2.05, 4.69) is 5.32 Å². The maximum absolute atomic E-state index is 13.8. The topological polar surface area (TPSA) is 79.3 Å². The summed E-state index contributed by atoms with van der Waals surface area (Å²) in [7, 11) is 0. The fraction of sp³-hybridized carbons (Fsp3) is 0.346. The van der Waals surface area contributed by atoms with Gasteiger partial charge in [-0.25, -0.2) is 4.98 Å². The van der Waals surface area contributed by atoms with Gasteiger partial charge in [0.15, 0.2) is 0 Å². The number of carbonyl (C=O) groups excluding carboxylic acids is 1. The zero-order valence-corrected chi connectivity index (χ0v) is 19.8. The summed E-state index contributed by atoms with van der Waals surface area (Å²) in [5.74, 6) is -0.907. The van der Waals surface area contributed by atoms with Gasteiger partial charge in [-0.3, -0.25) is 9.59 Å². The lowest BCUT2D eigenvalue weighted by Crippen LogP contribution is -2.58. The highest BCUT2D eigenvalue weighted by Gasteiger charge is 2.53. The first-order valence-corrected chi connectivity index (χ1v) is 11.9. The zero-order valence-electron chi connectivity index (χ0n) is 18.3. The molecule has 1 amide bonds. The van der Waals surface area contributed by atoms with Gasteiger partial charge in [-0.2, -0.15) is 0 Å². The molecule has 3 aliphatic rings. The minimum atomic E-state index is -0.713. The predicted molar refractivity (Wildman–Crippen MR) is 130 cm³/mol. The van der Waals surface area contributed by atoms with Gasteiger partial charge >= 0.3 is 5.97 Å². The number of rotatable bonds is 4. The lowest BCUT2D eigenvalue weighted by atomic mass is 9.57.